The molecule has 0 bridgehead atoms. The molecule has 0 radical (unpaired) electrons. The predicted octanol–water partition coefficient (Wildman–Crippen LogP) is 0.786. The molecular formula is C7H12N2OS. The van der Waals surface area contributed by atoms with Crippen molar-refractivity contribution < 1.29 is 5.11 Å². The molecule has 4 heteroatoms. The molecule has 1 heterocycles. The van der Waals surface area contributed by atoms with Crippen molar-refractivity contribution in [2.75, 3.05) is 13.2 Å². The first kappa shape index (κ1) is 8.64. The first-order valence-corrected chi connectivity index (χ1v) is 4.46. The van der Waals surface area contributed by atoms with Gasteiger partial charge in [-0.25, -0.2) is 4.98 Å². The molecule has 62 valence electrons. The van der Waals surface area contributed by atoms with Crippen LogP contribution in [0.25, 0.3) is 0 Å². The van der Waals surface area contributed by atoms with E-state index in [4.69, 9.17) is 5.11 Å². The highest BCUT2D eigenvalue weighted by molar-refractivity contribution is 7.09. The molecule has 1 unspecified atom stereocenters. The lowest BCUT2D eigenvalue weighted by molar-refractivity contribution is 0.286. The second-order valence-corrected chi connectivity index (χ2v) is 3.20. The van der Waals surface area contributed by atoms with Crippen LogP contribution in [0.5, 0.6) is 0 Å². The van der Waals surface area contributed by atoms with Crippen LogP contribution in [0, 0.1) is 0 Å². The van der Waals surface area contributed by atoms with Gasteiger partial charge in [-0.3, -0.25) is 0 Å². The van der Waals surface area contributed by atoms with E-state index in [-0.39, 0.29) is 12.6 Å². The van der Waals surface area contributed by atoms with Gasteiger partial charge in [0.15, 0.2) is 0 Å². The molecule has 0 aliphatic carbocycles. The van der Waals surface area contributed by atoms with Crippen molar-refractivity contribution in [1.29, 1.82) is 0 Å². The van der Waals surface area contributed by atoms with Gasteiger partial charge in [0.05, 0.1) is 12.6 Å². The van der Waals surface area contributed by atoms with Gasteiger partial charge in [-0.2, -0.15) is 0 Å². The summed E-state index contributed by atoms with van der Waals surface area (Å²) in [5.74, 6) is 0. The van der Waals surface area contributed by atoms with Crippen LogP contribution in [0.4, 0.5) is 0 Å². The Bertz CT molecular complexity index is 188. The molecule has 0 saturated heterocycles. The molecule has 1 aromatic heterocycles. The van der Waals surface area contributed by atoms with Gasteiger partial charge in [-0.15, -0.1) is 11.3 Å². The van der Waals surface area contributed by atoms with Crippen LogP contribution in [0.3, 0.4) is 0 Å². The van der Waals surface area contributed by atoms with Crippen molar-refractivity contribution >= 4 is 11.3 Å². The highest BCUT2D eigenvalue weighted by Gasteiger charge is 2.04. The fourth-order valence-corrected chi connectivity index (χ4v) is 1.49. The van der Waals surface area contributed by atoms with Gasteiger partial charge < -0.3 is 10.4 Å². The zero-order valence-electron chi connectivity index (χ0n) is 6.45. The molecule has 1 atom stereocenters. The molecule has 11 heavy (non-hydrogen) atoms. The minimum atomic E-state index is 0.176. The summed E-state index contributed by atoms with van der Waals surface area (Å²) in [4.78, 5) is 4.14. The van der Waals surface area contributed by atoms with E-state index in [2.05, 4.69) is 10.3 Å². The topological polar surface area (TPSA) is 45.1 Å². The van der Waals surface area contributed by atoms with E-state index in [0.717, 1.165) is 5.01 Å². The Morgan fingerprint density at radius 1 is 1.82 bits per heavy atom. The minimum Gasteiger partial charge on any atom is -0.395 e. The third kappa shape index (κ3) is 2.57. The molecule has 3 nitrogen and oxygen atoms in total. The van der Waals surface area contributed by atoms with Crippen molar-refractivity contribution in [1.82, 2.24) is 10.3 Å². The summed E-state index contributed by atoms with van der Waals surface area (Å²) in [6, 6.07) is 0.252. The number of aliphatic hydroxyl groups is 1. The van der Waals surface area contributed by atoms with E-state index in [0.29, 0.717) is 6.54 Å². The number of nitrogens with zero attached hydrogens (tertiary/aromatic N) is 1. The third-order valence-corrected chi connectivity index (χ3v) is 2.34. The lowest BCUT2D eigenvalue weighted by Gasteiger charge is -2.08. The summed E-state index contributed by atoms with van der Waals surface area (Å²) in [5, 5.41) is 14.7. The molecule has 0 fully saturated rings. The summed E-state index contributed by atoms with van der Waals surface area (Å²) >= 11 is 1.63. The average molecular weight is 172 g/mol. The third-order valence-electron chi connectivity index (χ3n) is 1.38. The second kappa shape index (κ2) is 4.43. The Hall–Kier alpha value is -0.450. The van der Waals surface area contributed by atoms with Crippen LogP contribution in [-0.4, -0.2) is 23.2 Å². The molecule has 0 aromatic carbocycles. The van der Waals surface area contributed by atoms with Gasteiger partial charge >= 0.3 is 0 Å². The molecule has 0 spiro atoms. The zero-order chi connectivity index (χ0) is 8.10. The smallest absolute Gasteiger partial charge is 0.109 e. The fourth-order valence-electron chi connectivity index (χ4n) is 0.817. The summed E-state index contributed by atoms with van der Waals surface area (Å²) in [6.07, 6.45) is 1.79. The quantitative estimate of drug-likeness (QED) is 0.705. The van der Waals surface area contributed by atoms with Crippen molar-refractivity contribution in [3.8, 4) is 0 Å². The molecule has 0 aliphatic heterocycles. The maximum atomic E-state index is 8.53. The Morgan fingerprint density at radius 2 is 2.64 bits per heavy atom. The largest absolute Gasteiger partial charge is 0.395 e. The normalized spacial score (nSPS) is 13.3. The highest BCUT2D eigenvalue weighted by Crippen LogP contribution is 2.13. The standard InChI is InChI=1S/C7H12N2OS/c1-6(8-2-4-10)7-9-3-5-11-7/h3,5-6,8,10H,2,4H2,1H3. The molecule has 2 N–H and O–H groups in total. The van der Waals surface area contributed by atoms with E-state index >= 15 is 0 Å². The molecule has 1 rings (SSSR count). The SMILES string of the molecule is CC(NCCO)c1nccs1. The van der Waals surface area contributed by atoms with Crippen LogP contribution < -0.4 is 5.32 Å². The number of hydrogen-bond acceptors (Lipinski definition) is 4. The van der Waals surface area contributed by atoms with Gasteiger partial charge in [0.25, 0.3) is 0 Å². The number of aromatic nitrogens is 1. The number of rotatable bonds is 4. The Morgan fingerprint density at radius 3 is 3.18 bits per heavy atom. The van der Waals surface area contributed by atoms with Gasteiger partial charge in [-0.1, -0.05) is 0 Å². The minimum absolute atomic E-state index is 0.176. The van der Waals surface area contributed by atoms with Crippen molar-refractivity contribution in [3.05, 3.63) is 16.6 Å². The maximum Gasteiger partial charge on any atom is 0.109 e. The van der Waals surface area contributed by atoms with Crippen molar-refractivity contribution in [3.63, 3.8) is 0 Å². The lowest BCUT2D eigenvalue weighted by atomic mass is 10.3. The molecule has 0 saturated carbocycles. The molecule has 0 aliphatic rings. The average Bonchev–Trinajstić information content (AvgIpc) is 2.52. The molecule has 1 aromatic rings. The van der Waals surface area contributed by atoms with E-state index < -0.39 is 0 Å². The molecular weight excluding hydrogens is 160 g/mol. The summed E-state index contributed by atoms with van der Waals surface area (Å²) < 4.78 is 0. The van der Waals surface area contributed by atoms with Gasteiger partial charge in [0, 0.05) is 18.1 Å². The highest BCUT2D eigenvalue weighted by atomic mass is 32.1. The van der Waals surface area contributed by atoms with Crippen LogP contribution in [0.15, 0.2) is 11.6 Å². The number of aliphatic hydroxyl groups excluding tert-OH is 1. The van der Waals surface area contributed by atoms with E-state index in [1.807, 2.05) is 12.3 Å². The summed E-state index contributed by atoms with van der Waals surface area (Å²) in [6.45, 7) is 2.84. The Labute approximate surface area is 70.1 Å². The second-order valence-electron chi connectivity index (χ2n) is 2.27. The number of hydrogen-bond donors (Lipinski definition) is 2. The van der Waals surface area contributed by atoms with Crippen molar-refractivity contribution in [2.45, 2.75) is 13.0 Å². The van der Waals surface area contributed by atoms with Crippen LogP contribution in [0.1, 0.15) is 18.0 Å². The zero-order valence-corrected chi connectivity index (χ0v) is 7.27. The van der Waals surface area contributed by atoms with Crippen LogP contribution >= 0.6 is 11.3 Å². The first-order valence-electron chi connectivity index (χ1n) is 3.58. The number of thiazole rings is 1. The maximum absolute atomic E-state index is 8.53. The Kier molecular flexibility index (Phi) is 3.48. The van der Waals surface area contributed by atoms with Gasteiger partial charge in [0.2, 0.25) is 0 Å². The van der Waals surface area contributed by atoms with Gasteiger partial charge in [0.1, 0.15) is 5.01 Å². The van der Waals surface area contributed by atoms with E-state index in [1.165, 1.54) is 0 Å². The fraction of sp³-hybridized carbons (Fsp3) is 0.571. The van der Waals surface area contributed by atoms with Gasteiger partial charge in [-0.05, 0) is 6.92 Å². The van der Waals surface area contributed by atoms with Crippen LogP contribution in [-0.2, 0) is 0 Å². The molecule has 0 amide bonds. The summed E-state index contributed by atoms with van der Waals surface area (Å²) in [7, 11) is 0. The Balaban J connectivity index is 2.36. The lowest BCUT2D eigenvalue weighted by Crippen LogP contribution is -2.21. The van der Waals surface area contributed by atoms with Crippen LogP contribution in [0.2, 0.25) is 0 Å². The van der Waals surface area contributed by atoms with E-state index in [1.54, 1.807) is 17.5 Å². The van der Waals surface area contributed by atoms with E-state index in [9.17, 15) is 0 Å². The summed E-state index contributed by atoms with van der Waals surface area (Å²) in [5.41, 5.74) is 0. The number of nitrogens with one attached hydrogen (secondary N) is 1. The monoisotopic (exact) mass is 172 g/mol. The first-order chi connectivity index (χ1) is 5.34. The predicted molar refractivity (Wildman–Crippen MR) is 45.6 cm³/mol. The van der Waals surface area contributed by atoms with Crippen molar-refractivity contribution in [2.24, 2.45) is 0 Å².